The quantitative estimate of drug-likeness (QED) is 0.485. The number of hydrogen-bond donors (Lipinski definition) is 0. The first kappa shape index (κ1) is 21.2. The van der Waals surface area contributed by atoms with E-state index in [0.717, 1.165) is 0 Å². The van der Waals surface area contributed by atoms with Crippen LogP contribution in [0.3, 0.4) is 0 Å². The van der Waals surface area contributed by atoms with Gasteiger partial charge in [-0.25, -0.2) is 0 Å². The summed E-state index contributed by atoms with van der Waals surface area (Å²) in [5.41, 5.74) is 6.47. The standard InChI is InChI=1S/C21H32N2.Pt/c1-14(2)23-19(21(7,8)9)17(18(22-23)20(4,5)6)16-12-10-15(3)11-13-16;/h10-14H,1-9H3;. The molecule has 0 unspecified atom stereocenters. The van der Waals surface area contributed by atoms with E-state index in [1.807, 2.05) is 0 Å². The Balaban J connectivity index is 0.00000288. The number of hydrogen-bond acceptors (Lipinski definition) is 1. The fourth-order valence-electron chi connectivity index (χ4n) is 3.05. The largest absolute Gasteiger partial charge is 0.266 e. The maximum absolute atomic E-state index is 5.06. The molecule has 0 saturated carbocycles. The van der Waals surface area contributed by atoms with Crippen molar-refractivity contribution >= 4 is 0 Å². The van der Waals surface area contributed by atoms with Crippen molar-refractivity contribution in [3.63, 3.8) is 0 Å². The van der Waals surface area contributed by atoms with Gasteiger partial charge in [0.2, 0.25) is 0 Å². The van der Waals surface area contributed by atoms with Crippen LogP contribution >= 0.6 is 0 Å². The van der Waals surface area contributed by atoms with Crippen molar-refractivity contribution in [3.8, 4) is 11.1 Å². The van der Waals surface area contributed by atoms with Gasteiger partial charge in [0.15, 0.2) is 0 Å². The van der Waals surface area contributed by atoms with E-state index in [4.69, 9.17) is 5.10 Å². The molecule has 0 aliphatic rings. The summed E-state index contributed by atoms with van der Waals surface area (Å²) in [5, 5.41) is 5.06. The monoisotopic (exact) mass is 507 g/mol. The summed E-state index contributed by atoms with van der Waals surface area (Å²) >= 11 is 0. The second-order valence-corrected chi connectivity index (χ2v) is 8.98. The molecule has 0 atom stereocenters. The van der Waals surface area contributed by atoms with Gasteiger partial charge in [-0.2, -0.15) is 5.10 Å². The van der Waals surface area contributed by atoms with Crippen molar-refractivity contribution in [2.45, 2.75) is 79.2 Å². The maximum atomic E-state index is 5.06. The molecule has 24 heavy (non-hydrogen) atoms. The van der Waals surface area contributed by atoms with E-state index in [1.54, 1.807) is 0 Å². The van der Waals surface area contributed by atoms with Crippen molar-refractivity contribution in [1.29, 1.82) is 0 Å². The summed E-state index contributed by atoms with van der Waals surface area (Å²) in [6.45, 7) is 20.2. The molecule has 0 aliphatic heterocycles. The van der Waals surface area contributed by atoms with Crippen LogP contribution in [0.5, 0.6) is 0 Å². The van der Waals surface area contributed by atoms with Crippen LogP contribution in [0.2, 0.25) is 0 Å². The number of aryl methyl sites for hydroxylation is 1. The van der Waals surface area contributed by atoms with E-state index in [2.05, 4.69) is 91.3 Å². The summed E-state index contributed by atoms with van der Waals surface area (Å²) in [6.07, 6.45) is 0. The van der Waals surface area contributed by atoms with Gasteiger partial charge in [0.1, 0.15) is 0 Å². The second kappa shape index (κ2) is 7.16. The smallest absolute Gasteiger partial charge is 0.0759 e. The summed E-state index contributed by atoms with van der Waals surface area (Å²) < 4.78 is 2.23. The van der Waals surface area contributed by atoms with E-state index >= 15 is 0 Å². The van der Waals surface area contributed by atoms with Crippen LogP contribution in [0, 0.1) is 6.92 Å². The van der Waals surface area contributed by atoms with Gasteiger partial charge in [-0.1, -0.05) is 71.4 Å². The molecule has 0 spiro atoms. The van der Waals surface area contributed by atoms with Gasteiger partial charge < -0.3 is 0 Å². The number of nitrogens with zero attached hydrogens (tertiary/aromatic N) is 2. The Hall–Kier alpha value is -0.882. The van der Waals surface area contributed by atoms with Crippen molar-refractivity contribution < 1.29 is 21.1 Å². The van der Waals surface area contributed by atoms with Crippen molar-refractivity contribution in [3.05, 3.63) is 41.2 Å². The molecule has 2 nitrogen and oxygen atoms in total. The Labute approximate surface area is 162 Å². The van der Waals surface area contributed by atoms with Crippen LogP contribution in [0.1, 0.15) is 78.4 Å². The van der Waals surface area contributed by atoms with Gasteiger partial charge in [0.05, 0.1) is 11.4 Å². The van der Waals surface area contributed by atoms with Crippen LogP contribution in [0.4, 0.5) is 0 Å². The minimum absolute atomic E-state index is 0. The maximum Gasteiger partial charge on any atom is 0.0759 e. The summed E-state index contributed by atoms with van der Waals surface area (Å²) in [5.74, 6) is 0. The Kier molecular flexibility index (Phi) is 6.31. The van der Waals surface area contributed by atoms with Gasteiger partial charge in [-0.05, 0) is 26.3 Å². The third-order valence-electron chi connectivity index (χ3n) is 4.16. The Bertz CT molecular complexity index is 680. The van der Waals surface area contributed by atoms with Crippen LogP contribution in [-0.2, 0) is 31.9 Å². The Morgan fingerprint density at radius 3 is 1.75 bits per heavy atom. The zero-order valence-electron chi connectivity index (χ0n) is 16.6. The summed E-state index contributed by atoms with van der Waals surface area (Å²) in [4.78, 5) is 0. The van der Waals surface area contributed by atoms with Gasteiger partial charge in [-0.15, -0.1) is 0 Å². The molecule has 0 radical (unpaired) electrons. The first-order chi connectivity index (χ1) is 10.4. The fraction of sp³-hybridized carbons (Fsp3) is 0.571. The number of rotatable bonds is 2. The molecule has 136 valence electrons. The number of benzene rings is 1. The fourth-order valence-corrected chi connectivity index (χ4v) is 3.05. The Morgan fingerprint density at radius 1 is 0.875 bits per heavy atom. The second-order valence-electron chi connectivity index (χ2n) is 8.98. The molecule has 0 bridgehead atoms. The number of aromatic nitrogens is 2. The molecule has 2 aromatic rings. The zero-order chi connectivity index (χ0) is 17.6. The third-order valence-corrected chi connectivity index (χ3v) is 4.16. The summed E-state index contributed by atoms with van der Waals surface area (Å²) in [7, 11) is 0. The first-order valence-corrected chi connectivity index (χ1v) is 8.63. The van der Waals surface area contributed by atoms with Crippen LogP contribution < -0.4 is 0 Å². The average molecular weight is 508 g/mol. The molecule has 1 aromatic heterocycles. The summed E-state index contributed by atoms with van der Waals surface area (Å²) in [6, 6.07) is 9.22. The molecule has 3 heteroatoms. The van der Waals surface area contributed by atoms with Crippen molar-refractivity contribution in [2.24, 2.45) is 0 Å². The van der Waals surface area contributed by atoms with Crippen LogP contribution in [-0.4, -0.2) is 9.78 Å². The molecular formula is C21H32N2Pt. The molecule has 0 N–H and O–H groups in total. The molecule has 0 saturated heterocycles. The van der Waals surface area contributed by atoms with Crippen LogP contribution in [0.25, 0.3) is 11.1 Å². The molecule has 1 heterocycles. The van der Waals surface area contributed by atoms with Gasteiger partial charge in [0.25, 0.3) is 0 Å². The molecule has 0 fully saturated rings. The average Bonchev–Trinajstić information content (AvgIpc) is 2.79. The minimum atomic E-state index is 0. The SMILES string of the molecule is Cc1ccc(-c2c(C(C)(C)C)nn(C(C)C)c2C(C)(C)C)cc1.[Pt]. The van der Waals surface area contributed by atoms with Gasteiger partial charge in [-0.3, -0.25) is 4.68 Å². The topological polar surface area (TPSA) is 17.8 Å². The zero-order valence-corrected chi connectivity index (χ0v) is 18.9. The van der Waals surface area contributed by atoms with E-state index in [1.165, 1.54) is 28.1 Å². The third kappa shape index (κ3) is 4.20. The molecule has 0 amide bonds. The van der Waals surface area contributed by atoms with Crippen molar-refractivity contribution in [1.82, 2.24) is 9.78 Å². The van der Waals surface area contributed by atoms with Gasteiger partial charge >= 0.3 is 0 Å². The molecular weight excluding hydrogens is 475 g/mol. The van der Waals surface area contributed by atoms with Gasteiger partial charge in [0, 0.05) is 43.5 Å². The van der Waals surface area contributed by atoms with Crippen LogP contribution in [0.15, 0.2) is 24.3 Å². The predicted molar refractivity (Wildman–Crippen MR) is 100 cm³/mol. The first-order valence-electron chi connectivity index (χ1n) is 8.63. The normalized spacial score (nSPS) is 12.4. The Morgan fingerprint density at radius 2 is 1.38 bits per heavy atom. The van der Waals surface area contributed by atoms with E-state index in [9.17, 15) is 0 Å². The van der Waals surface area contributed by atoms with E-state index < -0.39 is 0 Å². The minimum Gasteiger partial charge on any atom is -0.266 e. The molecule has 1 aromatic carbocycles. The van der Waals surface area contributed by atoms with E-state index in [-0.39, 0.29) is 31.9 Å². The molecule has 2 rings (SSSR count). The molecule has 0 aliphatic carbocycles. The predicted octanol–water partition coefficient (Wildman–Crippen LogP) is 6.03. The van der Waals surface area contributed by atoms with E-state index in [0.29, 0.717) is 6.04 Å². The van der Waals surface area contributed by atoms with Crippen molar-refractivity contribution in [2.75, 3.05) is 0 Å².